The molecule has 3 aromatic carbocycles. The highest BCUT2D eigenvalue weighted by Gasteiger charge is 2.42. The van der Waals surface area contributed by atoms with Gasteiger partial charge in [0.05, 0.1) is 23.3 Å². The van der Waals surface area contributed by atoms with Crippen LogP contribution < -0.4 is 25.2 Å². The van der Waals surface area contributed by atoms with Gasteiger partial charge < -0.3 is 25.2 Å². The van der Waals surface area contributed by atoms with Crippen LogP contribution in [0.25, 0.3) is 5.57 Å². The van der Waals surface area contributed by atoms with Crippen LogP contribution in [0.1, 0.15) is 49.7 Å². The minimum atomic E-state index is -0.275. The SMILES string of the molecule is CC1=CC(C)(C)N(C)c2cc(Cl)c([C@H]3[C@H](c4ccccn4)NC(=S)N3c3ccc(NC(=O)COc4ccccc4)cc3)cc21. The molecule has 0 unspecified atom stereocenters. The lowest BCUT2D eigenvalue weighted by atomic mass is 9.86. The molecule has 1 saturated heterocycles. The maximum atomic E-state index is 12.6. The van der Waals surface area contributed by atoms with Crippen LogP contribution in [0, 0.1) is 0 Å². The second-order valence-corrected chi connectivity index (χ2v) is 12.4. The van der Waals surface area contributed by atoms with Gasteiger partial charge in [-0.25, -0.2) is 0 Å². The van der Waals surface area contributed by atoms with Gasteiger partial charge in [0, 0.05) is 40.9 Å². The second kappa shape index (κ2) is 11.9. The maximum absolute atomic E-state index is 12.6. The third kappa shape index (κ3) is 5.75. The summed E-state index contributed by atoms with van der Waals surface area (Å²) in [7, 11) is 2.10. The Bertz CT molecular complexity index is 1730. The van der Waals surface area contributed by atoms with E-state index in [2.05, 4.69) is 71.4 Å². The van der Waals surface area contributed by atoms with Crippen LogP contribution >= 0.6 is 23.8 Å². The molecule has 2 N–H and O–H groups in total. The molecule has 2 atom stereocenters. The largest absolute Gasteiger partial charge is 0.484 e. The van der Waals surface area contributed by atoms with E-state index in [1.54, 1.807) is 6.20 Å². The number of carbonyl (C=O) groups excluding carboxylic acids is 1. The van der Waals surface area contributed by atoms with Gasteiger partial charge in [0.15, 0.2) is 11.7 Å². The molecule has 0 spiro atoms. The molecular formula is C35H34ClN5O2S. The number of fused-ring (bicyclic) bond motifs is 1. The van der Waals surface area contributed by atoms with Crippen molar-refractivity contribution in [3.63, 3.8) is 0 Å². The fraction of sp³-hybridized carbons (Fsp3) is 0.229. The lowest BCUT2D eigenvalue weighted by molar-refractivity contribution is -0.118. The van der Waals surface area contributed by atoms with Gasteiger partial charge in [-0.2, -0.15) is 0 Å². The maximum Gasteiger partial charge on any atom is 0.262 e. The van der Waals surface area contributed by atoms with E-state index in [1.807, 2.05) is 72.8 Å². The molecule has 3 heterocycles. The highest BCUT2D eigenvalue weighted by Crippen LogP contribution is 2.48. The summed E-state index contributed by atoms with van der Waals surface area (Å²) in [4.78, 5) is 21.6. The summed E-state index contributed by atoms with van der Waals surface area (Å²) in [6.07, 6.45) is 4.08. The molecule has 44 heavy (non-hydrogen) atoms. The second-order valence-electron chi connectivity index (χ2n) is 11.6. The van der Waals surface area contributed by atoms with Crippen molar-refractivity contribution >= 4 is 57.5 Å². The summed E-state index contributed by atoms with van der Waals surface area (Å²) in [6.45, 7) is 6.45. The molecule has 9 heteroatoms. The number of para-hydroxylation sites is 1. The third-order valence-electron chi connectivity index (χ3n) is 8.29. The van der Waals surface area contributed by atoms with E-state index in [0.29, 0.717) is 21.6 Å². The minimum Gasteiger partial charge on any atom is -0.484 e. The number of hydrogen-bond acceptors (Lipinski definition) is 5. The molecule has 1 aromatic heterocycles. The number of aromatic nitrogens is 1. The summed E-state index contributed by atoms with van der Waals surface area (Å²) < 4.78 is 5.58. The van der Waals surface area contributed by atoms with Gasteiger partial charge in [0.25, 0.3) is 5.91 Å². The first-order valence-corrected chi connectivity index (χ1v) is 15.3. The van der Waals surface area contributed by atoms with Gasteiger partial charge in [0.2, 0.25) is 0 Å². The topological polar surface area (TPSA) is 69.7 Å². The molecule has 0 bridgehead atoms. The Balaban J connectivity index is 1.32. The molecule has 1 amide bonds. The van der Waals surface area contributed by atoms with Crippen LogP contribution in [0.2, 0.25) is 5.02 Å². The molecular weight excluding hydrogens is 590 g/mol. The Hall–Kier alpha value is -4.40. The van der Waals surface area contributed by atoms with Crippen molar-refractivity contribution in [2.75, 3.05) is 28.8 Å². The number of carbonyl (C=O) groups is 1. The van der Waals surface area contributed by atoms with E-state index in [4.69, 9.17) is 28.6 Å². The van der Waals surface area contributed by atoms with E-state index in [-0.39, 0.29) is 30.1 Å². The van der Waals surface area contributed by atoms with Crippen molar-refractivity contribution in [1.29, 1.82) is 0 Å². The highest BCUT2D eigenvalue weighted by molar-refractivity contribution is 7.80. The molecule has 2 aliphatic rings. The monoisotopic (exact) mass is 623 g/mol. The number of nitrogens with one attached hydrogen (secondary N) is 2. The zero-order valence-electron chi connectivity index (χ0n) is 25.0. The van der Waals surface area contributed by atoms with Gasteiger partial charge in [0.1, 0.15) is 5.75 Å². The van der Waals surface area contributed by atoms with Gasteiger partial charge in [-0.1, -0.05) is 41.9 Å². The number of pyridine rings is 1. The smallest absolute Gasteiger partial charge is 0.262 e. The number of allylic oxidation sites excluding steroid dienone is 1. The quantitative estimate of drug-likeness (QED) is 0.206. The zero-order chi connectivity index (χ0) is 31.0. The number of likely N-dealkylation sites (N-methyl/N-ethyl adjacent to an activating group) is 1. The number of ether oxygens (including phenoxy) is 1. The van der Waals surface area contributed by atoms with E-state index in [1.165, 1.54) is 5.57 Å². The normalized spacial score (nSPS) is 18.8. The standard InChI is InChI=1S/C35H34ClN5O2S/c1-22-20-35(2,3)40(4)30-19-28(36)27(18-26(22)30)33-32(29-12-8-9-17-37-29)39-34(44)41(33)24-15-13-23(14-16-24)38-31(42)21-43-25-10-6-5-7-11-25/h5-20,32-33H,21H2,1-4H3,(H,38,42)(H,39,44)/t32-,33-/m0/s1. The number of halogens is 1. The molecule has 0 aliphatic carbocycles. The summed E-state index contributed by atoms with van der Waals surface area (Å²) >= 11 is 13.1. The van der Waals surface area contributed by atoms with Crippen LogP contribution in [0.15, 0.2) is 97.2 Å². The number of rotatable bonds is 7. The fourth-order valence-electron chi connectivity index (χ4n) is 5.93. The third-order valence-corrected chi connectivity index (χ3v) is 8.94. The Morgan fingerprint density at radius 1 is 1.07 bits per heavy atom. The van der Waals surface area contributed by atoms with Crippen molar-refractivity contribution in [2.24, 2.45) is 0 Å². The highest BCUT2D eigenvalue weighted by atomic mass is 35.5. The van der Waals surface area contributed by atoms with Crippen molar-refractivity contribution in [2.45, 2.75) is 38.4 Å². The predicted molar refractivity (Wildman–Crippen MR) is 183 cm³/mol. The first kappa shape index (κ1) is 29.7. The van der Waals surface area contributed by atoms with Gasteiger partial charge in [-0.05, 0) is 105 Å². The van der Waals surface area contributed by atoms with Gasteiger partial charge >= 0.3 is 0 Å². The average Bonchev–Trinajstić information content (AvgIpc) is 3.36. The molecule has 2 aliphatic heterocycles. The summed E-state index contributed by atoms with van der Waals surface area (Å²) in [5.41, 5.74) is 6.63. The van der Waals surface area contributed by atoms with E-state index in [9.17, 15) is 4.79 Å². The van der Waals surface area contributed by atoms with Crippen LogP contribution in [0.5, 0.6) is 5.75 Å². The molecule has 1 fully saturated rings. The Labute approximate surface area is 268 Å². The first-order valence-electron chi connectivity index (χ1n) is 14.5. The number of hydrogen-bond donors (Lipinski definition) is 2. The number of anilines is 3. The van der Waals surface area contributed by atoms with Crippen LogP contribution in [-0.4, -0.2) is 35.2 Å². The lowest BCUT2D eigenvalue weighted by Crippen LogP contribution is -2.42. The number of thiocarbonyl (C=S) groups is 1. The van der Waals surface area contributed by atoms with Crippen molar-refractivity contribution in [1.82, 2.24) is 10.3 Å². The number of benzene rings is 3. The van der Waals surface area contributed by atoms with Crippen molar-refractivity contribution in [3.05, 3.63) is 119 Å². The van der Waals surface area contributed by atoms with Crippen LogP contribution in [-0.2, 0) is 4.79 Å². The van der Waals surface area contributed by atoms with E-state index < -0.39 is 0 Å². The number of nitrogens with zero attached hydrogens (tertiary/aromatic N) is 3. The van der Waals surface area contributed by atoms with Gasteiger partial charge in [-0.15, -0.1) is 0 Å². The molecule has 6 rings (SSSR count). The average molecular weight is 624 g/mol. The molecule has 7 nitrogen and oxygen atoms in total. The Kier molecular flexibility index (Phi) is 8.05. The molecule has 224 valence electrons. The van der Waals surface area contributed by atoms with E-state index in [0.717, 1.165) is 28.2 Å². The van der Waals surface area contributed by atoms with Crippen LogP contribution in [0.4, 0.5) is 17.1 Å². The fourth-order valence-corrected chi connectivity index (χ4v) is 6.55. The Morgan fingerprint density at radius 2 is 1.80 bits per heavy atom. The minimum absolute atomic E-state index is 0.0865. The molecule has 0 radical (unpaired) electrons. The van der Waals surface area contributed by atoms with E-state index >= 15 is 0 Å². The number of amides is 1. The van der Waals surface area contributed by atoms with Crippen molar-refractivity contribution < 1.29 is 9.53 Å². The summed E-state index contributed by atoms with van der Waals surface area (Å²) in [6, 6.07) is 26.5. The predicted octanol–water partition coefficient (Wildman–Crippen LogP) is 7.56. The lowest BCUT2D eigenvalue weighted by Gasteiger charge is -2.41. The van der Waals surface area contributed by atoms with Gasteiger partial charge in [-0.3, -0.25) is 9.78 Å². The van der Waals surface area contributed by atoms with Crippen LogP contribution in [0.3, 0.4) is 0 Å². The summed E-state index contributed by atoms with van der Waals surface area (Å²) in [5.74, 6) is 0.397. The molecule has 4 aromatic rings. The first-order chi connectivity index (χ1) is 21.1. The zero-order valence-corrected chi connectivity index (χ0v) is 26.6. The Morgan fingerprint density at radius 3 is 2.50 bits per heavy atom. The molecule has 0 saturated carbocycles. The van der Waals surface area contributed by atoms with Crippen molar-refractivity contribution in [3.8, 4) is 5.75 Å². The summed E-state index contributed by atoms with van der Waals surface area (Å²) in [5, 5.41) is 7.64.